The second-order valence-corrected chi connectivity index (χ2v) is 8.39. The normalized spacial score (nSPS) is 15.7. The number of ether oxygens (including phenoxy) is 2. The van der Waals surface area contributed by atoms with Crippen LogP contribution in [0.25, 0.3) is 16.5 Å². The molecule has 34 heavy (non-hydrogen) atoms. The van der Waals surface area contributed by atoms with Crippen molar-refractivity contribution in [1.29, 1.82) is 0 Å². The van der Waals surface area contributed by atoms with Crippen LogP contribution in [0.1, 0.15) is 34.5 Å². The number of anilines is 1. The van der Waals surface area contributed by atoms with E-state index in [1.807, 2.05) is 12.1 Å². The van der Waals surface area contributed by atoms with Crippen LogP contribution in [0.3, 0.4) is 0 Å². The number of benzene rings is 2. The molecule has 6 nitrogen and oxygen atoms in total. The van der Waals surface area contributed by atoms with Crippen LogP contribution < -0.4 is 10.1 Å². The SMILES string of the molecule is Cc1nc(NCc2cccc(C(F)(F)CO)c2F)c2cc(C3=CCOCC3)c3c(c2n1)CCO3. The lowest BCUT2D eigenvalue weighted by Gasteiger charge is -2.19. The lowest BCUT2D eigenvalue weighted by molar-refractivity contribution is -0.0583. The third kappa shape index (κ3) is 3.99. The molecule has 0 unspecified atom stereocenters. The lowest BCUT2D eigenvalue weighted by Crippen LogP contribution is -2.21. The third-order valence-electron chi connectivity index (χ3n) is 6.18. The molecule has 2 aliphatic heterocycles. The van der Waals surface area contributed by atoms with Gasteiger partial charge in [-0.25, -0.2) is 14.4 Å². The Labute approximate surface area is 194 Å². The molecule has 0 atom stereocenters. The van der Waals surface area contributed by atoms with E-state index in [1.54, 1.807) is 6.92 Å². The van der Waals surface area contributed by atoms with E-state index in [1.165, 1.54) is 12.1 Å². The Morgan fingerprint density at radius 2 is 2.03 bits per heavy atom. The molecule has 0 radical (unpaired) electrons. The monoisotopic (exact) mass is 471 g/mol. The van der Waals surface area contributed by atoms with Crippen molar-refractivity contribution < 1.29 is 27.8 Å². The number of hydrogen-bond acceptors (Lipinski definition) is 6. The number of hydrogen-bond donors (Lipinski definition) is 2. The van der Waals surface area contributed by atoms with E-state index in [0.29, 0.717) is 37.9 Å². The quantitative estimate of drug-likeness (QED) is 0.551. The van der Waals surface area contributed by atoms with Crippen LogP contribution >= 0.6 is 0 Å². The zero-order chi connectivity index (χ0) is 23.9. The molecule has 3 heterocycles. The van der Waals surface area contributed by atoms with Gasteiger partial charge in [0.1, 0.15) is 29.8 Å². The molecule has 0 saturated carbocycles. The number of aliphatic hydroxyl groups excluding tert-OH is 1. The largest absolute Gasteiger partial charge is 0.492 e. The molecule has 2 aromatic carbocycles. The average Bonchev–Trinajstić information content (AvgIpc) is 3.34. The molecule has 0 aliphatic carbocycles. The van der Waals surface area contributed by atoms with Gasteiger partial charge in [-0.1, -0.05) is 18.2 Å². The Hall–Kier alpha value is -3.17. The van der Waals surface area contributed by atoms with Crippen molar-refractivity contribution in [2.75, 3.05) is 31.7 Å². The van der Waals surface area contributed by atoms with Crippen molar-refractivity contribution >= 4 is 22.3 Å². The summed E-state index contributed by atoms with van der Waals surface area (Å²) in [5, 5.41) is 12.8. The van der Waals surface area contributed by atoms with E-state index in [0.717, 1.165) is 45.8 Å². The van der Waals surface area contributed by atoms with Crippen LogP contribution in [0, 0.1) is 12.7 Å². The minimum absolute atomic E-state index is 0.0481. The standard InChI is InChI=1S/C25H24F3N3O3/c1-14-30-22-17-7-10-34-23(17)18(15-5-8-33-9-6-15)11-19(22)24(31-14)29-12-16-3-2-4-20(21(16)26)25(27,28)13-32/h2-5,11,32H,6-10,12-13H2,1H3,(H,29,30,31). The fourth-order valence-corrected chi connectivity index (χ4v) is 4.49. The van der Waals surface area contributed by atoms with Crippen LogP contribution in [0.5, 0.6) is 5.75 Å². The minimum atomic E-state index is -3.66. The van der Waals surface area contributed by atoms with Crippen molar-refractivity contribution in [1.82, 2.24) is 9.97 Å². The summed E-state index contributed by atoms with van der Waals surface area (Å²) in [6.45, 7) is 1.96. The van der Waals surface area contributed by atoms with Gasteiger partial charge in [0.25, 0.3) is 5.92 Å². The first kappa shape index (κ1) is 22.6. The lowest BCUT2D eigenvalue weighted by atomic mass is 9.95. The number of nitrogens with zero attached hydrogens (tertiary/aromatic N) is 2. The molecule has 0 amide bonds. The molecule has 9 heteroatoms. The van der Waals surface area contributed by atoms with Crippen LogP contribution in [0.15, 0.2) is 30.3 Å². The number of aromatic nitrogens is 2. The summed E-state index contributed by atoms with van der Waals surface area (Å²) in [5.41, 5.74) is 3.08. The van der Waals surface area contributed by atoms with Crippen molar-refractivity contribution in [2.45, 2.75) is 32.2 Å². The second kappa shape index (κ2) is 8.88. The summed E-state index contributed by atoms with van der Waals surface area (Å²) in [4.78, 5) is 9.18. The van der Waals surface area contributed by atoms with Crippen LogP contribution in [-0.2, 0) is 23.6 Å². The zero-order valence-electron chi connectivity index (χ0n) is 18.6. The van der Waals surface area contributed by atoms with E-state index in [9.17, 15) is 13.2 Å². The van der Waals surface area contributed by atoms with Crippen molar-refractivity contribution in [3.63, 3.8) is 0 Å². The Morgan fingerprint density at radius 3 is 2.79 bits per heavy atom. The summed E-state index contributed by atoms with van der Waals surface area (Å²) < 4.78 is 54.1. The van der Waals surface area contributed by atoms with E-state index >= 15 is 0 Å². The number of aliphatic hydroxyl groups is 1. The first-order chi connectivity index (χ1) is 16.4. The molecule has 0 spiro atoms. The first-order valence-corrected chi connectivity index (χ1v) is 11.1. The topological polar surface area (TPSA) is 76.5 Å². The van der Waals surface area contributed by atoms with E-state index in [-0.39, 0.29) is 12.1 Å². The second-order valence-electron chi connectivity index (χ2n) is 8.39. The molecule has 0 fully saturated rings. The number of halogens is 3. The highest BCUT2D eigenvalue weighted by Gasteiger charge is 2.34. The van der Waals surface area contributed by atoms with Gasteiger partial charge in [0.05, 0.1) is 30.9 Å². The maximum atomic E-state index is 14.8. The Balaban J connectivity index is 1.56. The maximum Gasteiger partial charge on any atom is 0.298 e. The van der Waals surface area contributed by atoms with Gasteiger partial charge in [-0.05, 0) is 31.1 Å². The molecule has 0 saturated heterocycles. The average molecular weight is 471 g/mol. The van der Waals surface area contributed by atoms with E-state index in [4.69, 9.17) is 14.6 Å². The van der Waals surface area contributed by atoms with Crippen LogP contribution in [-0.4, -0.2) is 41.5 Å². The van der Waals surface area contributed by atoms with Crippen molar-refractivity contribution in [2.24, 2.45) is 0 Å². The van der Waals surface area contributed by atoms with E-state index < -0.39 is 23.9 Å². The third-order valence-corrected chi connectivity index (χ3v) is 6.18. The number of rotatable bonds is 6. The summed E-state index contributed by atoms with van der Waals surface area (Å²) in [6, 6.07) is 5.74. The smallest absolute Gasteiger partial charge is 0.298 e. The summed E-state index contributed by atoms with van der Waals surface area (Å²) in [7, 11) is 0. The number of alkyl halides is 2. The Kier molecular flexibility index (Phi) is 5.91. The maximum absolute atomic E-state index is 14.8. The Morgan fingerprint density at radius 1 is 1.18 bits per heavy atom. The zero-order valence-corrected chi connectivity index (χ0v) is 18.6. The first-order valence-electron chi connectivity index (χ1n) is 11.1. The van der Waals surface area contributed by atoms with Crippen molar-refractivity contribution in [3.8, 4) is 5.75 Å². The highest BCUT2D eigenvalue weighted by atomic mass is 19.3. The van der Waals surface area contributed by atoms with Gasteiger partial charge in [-0.2, -0.15) is 8.78 Å². The van der Waals surface area contributed by atoms with Gasteiger partial charge in [-0.3, -0.25) is 0 Å². The summed E-state index contributed by atoms with van der Waals surface area (Å²) >= 11 is 0. The molecule has 0 bridgehead atoms. The molecule has 3 aromatic rings. The van der Waals surface area contributed by atoms with Crippen molar-refractivity contribution in [3.05, 3.63) is 64.2 Å². The molecular weight excluding hydrogens is 447 g/mol. The predicted molar refractivity (Wildman–Crippen MR) is 122 cm³/mol. The fraction of sp³-hybridized carbons (Fsp3) is 0.360. The van der Waals surface area contributed by atoms with Crippen LogP contribution in [0.2, 0.25) is 0 Å². The molecule has 2 N–H and O–H groups in total. The number of aryl methyl sites for hydroxylation is 1. The molecule has 178 valence electrons. The molecule has 5 rings (SSSR count). The number of nitrogens with one attached hydrogen (secondary N) is 1. The Bertz CT molecular complexity index is 1290. The van der Waals surface area contributed by atoms with Gasteiger partial charge in [-0.15, -0.1) is 0 Å². The molecular formula is C25H24F3N3O3. The van der Waals surface area contributed by atoms with Gasteiger partial charge in [0, 0.05) is 35.0 Å². The van der Waals surface area contributed by atoms with E-state index in [2.05, 4.69) is 15.3 Å². The van der Waals surface area contributed by atoms with Gasteiger partial charge in [0.2, 0.25) is 0 Å². The molecule has 2 aliphatic rings. The summed E-state index contributed by atoms with van der Waals surface area (Å²) in [5.74, 6) is -2.86. The van der Waals surface area contributed by atoms with Gasteiger partial charge < -0.3 is 19.9 Å². The summed E-state index contributed by atoms with van der Waals surface area (Å²) in [6.07, 6.45) is 3.51. The fourth-order valence-electron chi connectivity index (χ4n) is 4.49. The van der Waals surface area contributed by atoms with Crippen LogP contribution in [0.4, 0.5) is 19.0 Å². The predicted octanol–water partition coefficient (Wildman–Crippen LogP) is 4.51. The highest BCUT2D eigenvalue weighted by Crippen LogP contribution is 2.42. The molecule has 1 aromatic heterocycles. The highest BCUT2D eigenvalue weighted by molar-refractivity contribution is 5.97. The number of fused-ring (bicyclic) bond motifs is 3. The van der Waals surface area contributed by atoms with Gasteiger partial charge in [0.15, 0.2) is 0 Å². The van der Waals surface area contributed by atoms with Gasteiger partial charge >= 0.3 is 0 Å². The minimum Gasteiger partial charge on any atom is -0.492 e.